The molecule has 0 spiro atoms. The Morgan fingerprint density at radius 1 is 1.13 bits per heavy atom. The number of amides is 3. The fraction of sp³-hybridized carbons (Fsp3) is 0.400. The summed E-state index contributed by atoms with van der Waals surface area (Å²) in [5, 5.41) is 4.83. The molecule has 30 heavy (non-hydrogen) atoms. The van der Waals surface area contributed by atoms with Crippen molar-refractivity contribution < 1.29 is 27.3 Å². The summed E-state index contributed by atoms with van der Waals surface area (Å²) in [6, 6.07) is 7.97. The summed E-state index contributed by atoms with van der Waals surface area (Å²) in [7, 11) is -3.55. The number of nitrogens with one attached hydrogen (secondary N) is 3. The number of urea groups is 1. The minimum Gasteiger partial charge on any atom is -0.467 e. The first-order chi connectivity index (χ1) is 14.3. The Morgan fingerprint density at radius 2 is 1.87 bits per heavy atom. The Bertz CT molecular complexity index is 996. The first-order valence-corrected chi connectivity index (χ1v) is 11.2. The van der Waals surface area contributed by atoms with Crippen LogP contribution in [0.4, 0.5) is 4.79 Å². The largest absolute Gasteiger partial charge is 0.467 e. The number of benzene rings is 1. The number of carbonyl (C=O) groups is 2. The van der Waals surface area contributed by atoms with Crippen molar-refractivity contribution in [1.82, 2.24) is 14.9 Å². The predicted molar refractivity (Wildman–Crippen MR) is 109 cm³/mol. The third-order valence-corrected chi connectivity index (χ3v) is 7.11. The first kappa shape index (κ1) is 22.0. The summed E-state index contributed by atoms with van der Waals surface area (Å²) in [6.45, 7) is 5.75. The second kappa shape index (κ2) is 9.41. The van der Waals surface area contributed by atoms with Gasteiger partial charge in [-0.05, 0) is 49.2 Å². The molecule has 10 heteroatoms. The average Bonchev–Trinajstić information content (AvgIpc) is 3.22. The van der Waals surface area contributed by atoms with Gasteiger partial charge in [-0.15, -0.1) is 0 Å². The van der Waals surface area contributed by atoms with Crippen molar-refractivity contribution in [3.63, 3.8) is 0 Å². The van der Waals surface area contributed by atoms with Crippen LogP contribution in [0.15, 0.2) is 45.9 Å². The van der Waals surface area contributed by atoms with E-state index in [-0.39, 0.29) is 13.1 Å². The minimum absolute atomic E-state index is 0.103. The molecule has 1 aliphatic rings. The topological polar surface area (TPSA) is 113 Å². The second-order valence-electron chi connectivity index (χ2n) is 7.39. The molecule has 1 aromatic heterocycles. The van der Waals surface area contributed by atoms with E-state index < -0.39 is 22.0 Å². The van der Waals surface area contributed by atoms with Gasteiger partial charge in [0.1, 0.15) is 5.76 Å². The van der Waals surface area contributed by atoms with Gasteiger partial charge in [0, 0.05) is 0 Å². The van der Waals surface area contributed by atoms with Crippen LogP contribution in [0.3, 0.4) is 0 Å². The molecule has 0 aliphatic carbocycles. The van der Waals surface area contributed by atoms with E-state index in [1.807, 2.05) is 19.9 Å². The Balaban J connectivity index is 1.46. The molecule has 0 unspecified atom stereocenters. The zero-order chi connectivity index (χ0) is 21.7. The number of imide groups is 1. The Kier molecular flexibility index (Phi) is 6.91. The molecule has 162 valence electrons. The van der Waals surface area contributed by atoms with E-state index in [1.165, 1.54) is 10.6 Å². The van der Waals surface area contributed by atoms with Crippen molar-refractivity contribution >= 4 is 22.0 Å². The zero-order valence-corrected chi connectivity index (χ0v) is 17.9. The van der Waals surface area contributed by atoms with Gasteiger partial charge in [0.2, 0.25) is 10.0 Å². The van der Waals surface area contributed by atoms with Crippen LogP contribution in [0.25, 0.3) is 0 Å². The Hall–Kier alpha value is -2.69. The number of carbonyl (C=O) groups excluding carboxylic acids is 2. The van der Waals surface area contributed by atoms with Crippen LogP contribution in [0.1, 0.15) is 16.9 Å². The lowest BCUT2D eigenvalue weighted by molar-refractivity contribution is -0.895. The molecule has 1 aliphatic heterocycles. The van der Waals surface area contributed by atoms with Crippen LogP contribution in [0, 0.1) is 13.8 Å². The van der Waals surface area contributed by atoms with Crippen LogP contribution in [-0.4, -0.2) is 57.4 Å². The Labute approximate surface area is 176 Å². The number of hydrogen-bond acceptors (Lipinski definition) is 5. The van der Waals surface area contributed by atoms with Crippen molar-refractivity contribution in [1.29, 1.82) is 0 Å². The first-order valence-electron chi connectivity index (χ1n) is 9.77. The summed E-state index contributed by atoms with van der Waals surface area (Å²) in [4.78, 5) is 25.1. The summed E-state index contributed by atoms with van der Waals surface area (Å²) in [5.74, 6) is 0.178. The number of furan rings is 1. The highest BCUT2D eigenvalue weighted by Gasteiger charge is 2.31. The third-order valence-electron chi connectivity index (χ3n) is 5.21. The molecule has 1 saturated heterocycles. The summed E-state index contributed by atoms with van der Waals surface area (Å²) in [5.41, 5.74) is 1.98. The van der Waals surface area contributed by atoms with Gasteiger partial charge in [0.25, 0.3) is 5.91 Å². The quantitative estimate of drug-likeness (QED) is 0.582. The van der Waals surface area contributed by atoms with Crippen molar-refractivity contribution in [3.8, 4) is 0 Å². The molecule has 3 amide bonds. The van der Waals surface area contributed by atoms with Crippen molar-refractivity contribution in [2.24, 2.45) is 0 Å². The predicted octanol–water partition coefficient (Wildman–Crippen LogP) is -0.188. The van der Waals surface area contributed by atoms with E-state index in [9.17, 15) is 18.0 Å². The third kappa shape index (κ3) is 5.47. The molecular weight excluding hydrogens is 408 g/mol. The van der Waals surface area contributed by atoms with Gasteiger partial charge in [-0.2, -0.15) is 4.31 Å². The van der Waals surface area contributed by atoms with Gasteiger partial charge in [-0.3, -0.25) is 10.1 Å². The minimum atomic E-state index is -3.55. The SMILES string of the molecule is Cc1ccc(S(=O)(=O)N2CC[NH+](CC(=O)NC(=O)NCc3ccco3)CC2)cc1C. The number of hydrogen-bond donors (Lipinski definition) is 3. The number of aryl methyl sites for hydroxylation is 2. The molecule has 3 rings (SSSR count). The van der Waals surface area contributed by atoms with Gasteiger partial charge >= 0.3 is 6.03 Å². The van der Waals surface area contributed by atoms with Crippen LogP contribution in [-0.2, 0) is 21.4 Å². The van der Waals surface area contributed by atoms with E-state index in [1.54, 1.807) is 24.3 Å². The van der Waals surface area contributed by atoms with Gasteiger partial charge in [0.05, 0.1) is 43.9 Å². The van der Waals surface area contributed by atoms with Crippen molar-refractivity contribution in [2.75, 3.05) is 32.7 Å². The number of sulfonamides is 1. The van der Waals surface area contributed by atoms with E-state index in [0.717, 1.165) is 16.0 Å². The van der Waals surface area contributed by atoms with Gasteiger partial charge < -0.3 is 14.6 Å². The lowest BCUT2D eigenvalue weighted by Gasteiger charge is -2.31. The van der Waals surface area contributed by atoms with Crippen LogP contribution >= 0.6 is 0 Å². The number of nitrogens with zero attached hydrogens (tertiary/aromatic N) is 1. The average molecular weight is 436 g/mol. The molecule has 1 fully saturated rings. The monoisotopic (exact) mass is 435 g/mol. The normalized spacial score (nSPS) is 15.7. The number of piperazine rings is 1. The molecular formula is C20H27N4O5S+. The maximum atomic E-state index is 12.9. The molecule has 9 nitrogen and oxygen atoms in total. The maximum absolute atomic E-state index is 12.9. The number of quaternary nitrogens is 1. The maximum Gasteiger partial charge on any atom is 0.321 e. The Morgan fingerprint density at radius 3 is 2.50 bits per heavy atom. The van der Waals surface area contributed by atoms with E-state index >= 15 is 0 Å². The second-order valence-corrected chi connectivity index (χ2v) is 9.33. The lowest BCUT2D eigenvalue weighted by atomic mass is 10.1. The number of rotatable bonds is 6. The fourth-order valence-corrected chi connectivity index (χ4v) is 4.79. The zero-order valence-electron chi connectivity index (χ0n) is 17.1. The van der Waals surface area contributed by atoms with Gasteiger partial charge in [-0.25, -0.2) is 13.2 Å². The molecule has 2 heterocycles. The lowest BCUT2D eigenvalue weighted by Crippen LogP contribution is -3.15. The summed E-state index contributed by atoms with van der Waals surface area (Å²) < 4.78 is 32.3. The van der Waals surface area contributed by atoms with Crippen molar-refractivity contribution in [3.05, 3.63) is 53.5 Å². The van der Waals surface area contributed by atoms with E-state index in [4.69, 9.17) is 4.42 Å². The highest BCUT2D eigenvalue weighted by Crippen LogP contribution is 2.19. The van der Waals surface area contributed by atoms with Gasteiger partial charge in [0.15, 0.2) is 6.54 Å². The van der Waals surface area contributed by atoms with Crippen LogP contribution in [0.2, 0.25) is 0 Å². The van der Waals surface area contributed by atoms with Crippen LogP contribution < -0.4 is 15.5 Å². The molecule has 3 N–H and O–H groups in total. The smallest absolute Gasteiger partial charge is 0.321 e. The molecule has 0 saturated carbocycles. The highest BCUT2D eigenvalue weighted by atomic mass is 32.2. The van der Waals surface area contributed by atoms with Crippen molar-refractivity contribution in [2.45, 2.75) is 25.3 Å². The van der Waals surface area contributed by atoms with E-state index in [0.29, 0.717) is 36.8 Å². The van der Waals surface area contributed by atoms with E-state index in [2.05, 4.69) is 10.6 Å². The molecule has 1 aromatic carbocycles. The fourth-order valence-electron chi connectivity index (χ4n) is 3.27. The van der Waals surface area contributed by atoms with Crippen LogP contribution in [0.5, 0.6) is 0 Å². The molecule has 0 radical (unpaired) electrons. The molecule has 2 aromatic rings. The molecule has 0 atom stereocenters. The standard InChI is InChI=1S/C20H26N4O5S/c1-15-5-6-18(12-16(15)2)30(27,28)24-9-7-23(8-10-24)14-19(25)22-20(26)21-13-17-4-3-11-29-17/h3-6,11-12H,7-10,13-14H2,1-2H3,(H2,21,22,25,26)/p+1. The van der Waals surface area contributed by atoms with Gasteiger partial charge in [-0.1, -0.05) is 6.07 Å². The highest BCUT2D eigenvalue weighted by molar-refractivity contribution is 7.89. The summed E-state index contributed by atoms with van der Waals surface area (Å²) >= 11 is 0. The summed E-state index contributed by atoms with van der Waals surface area (Å²) in [6.07, 6.45) is 1.50. The molecule has 0 bridgehead atoms.